The predicted octanol–water partition coefficient (Wildman–Crippen LogP) is 3.68. The second-order valence-electron chi connectivity index (χ2n) is 6.13. The first-order chi connectivity index (χ1) is 11.3. The number of halogens is 1. The number of allylic oxidation sites excluding steroid dienone is 1. The first-order valence-corrected chi connectivity index (χ1v) is 9.35. The maximum absolute atomic E-state index is 13.2. The molecule has 0 radical (unpaired) electrons. The molecule has 1 aliphatic rings. The lowest BCUT2D eigenvalue weighted by molar-refractivity contribution is 0.0603. The normalized spacial score (nSPS) is 16.1. The second kappa shape index (κ2) is 5.63. The summed E-state index contributed by atoms with van der Waals surface area (Å²) in [4.78, 5) is 12.0. The summed E-state index contributed by atoms with van der Waals surface area (Å²) >= 11 is 6.12. The van der Waals surface area contributed by atoms with Crippen LogP contribution in [0.3, 0.4) is 0 Å². The molecule has 5 nitrogen and oxygen atoms in total. The van der Waals surface area contributed by atoms with Gasteiger partial charge in [0.15, 0.2) is 0 Å². The molecule has 0 spiro atoms. The van der Waals surface area contributed by atoms with Gasteiger partial charge in [0.1, 0.15) is 0 Å². The van der Waals surface area contributed by atoms with Crippen LogP contribution in [0, 0.1) is 6.92 Å². The summed E-state index contributed by atoms with van der Waals surface area (Å²) in [7, 11) is -2.35. The van der Waals surface area contributed by atoms with E-state index >= 15 is 0 Å². The standard InChI is InChI=1S/C17H18ClNO4S/c1-4-5-17(6-7-17)24(21,22)19-10-11(2)15-13(16(20)23-3)8-12(18)9-14(15)19/h4,8-10H,1,5-7H2,2-3H3. The van der Waals surface area contributed by atoms with Crippen molar-refractivity contribution in [3.8, 4) is 0 Å². The molecule has 0 saturated heterocycles. The number of rotatable bonds is 5. The summed E-state index contributed by atoms with van der Waals surface area (Å²) in [5.41, 5.74) is 1.34. The number of hydrogen-bond acceptors (Lipinski definition) is 4. The Balaban J connectivity index is 2.30. The molecule has 1 fully saturated rings. The van der Waals surface area contributed by atoms with Gasteiger partial charge in [-0.05, 0) is 43.9 Å². The molecular formula is C17H18ClNO4S. The third-order valence-corrected chi connectivity index (χ3v) is 7.27. The molecule has 1 heterocycles. The average Bonchev–Trinajstić information content (AvgIpc) is 3.25. The van der Waals surface area contributed by atoms with E-state index in [1.54, 1.807) is 25.3 Å². The number of hydrogen-bond donors (Lipinski definition) is 0. The molecule has 1 saturated carbocycles. The van der Waals surface area contributed by atoms with E-state index in [0.29, 0.717) is 35.7 Å². The molecule has 24 heavy (non-hydrogen) atoms. The Morgan fingerprint density at radius 3 is 2.67 bits per heavy atom. The van der Waals surface area contributed by atoms with Crippen molar-refractivity contribution in [2.45, 2.75) is 30.9 Å². The van der Waals surface area contributed by atoms with Crippen molar-refractivity contribution in [3.63, 3.8) is 0 Å². The van der Waals surface area contributed by atoms with Crippen LogP contribution in [0.25, 0.3) is 10.9 Å². The van der Waals surface area contributed by atoms with Crippen LogP contribution in [0.1, 0.15) is 35.2 Å². The van der Waals surface area contributed by atoms with Crippen LogP contribution in [0.5, 0.6) is 0 Å². The first-order valence-electron chi connectivity index (χ1n) is 7.53. The van der Waals surface area contributed by atoms with Crippen LogP contribution >= 0.6 is 11.6 Å². The highest BCUT2D eigenvalue weighted by atomic mass is 35.5. The highest BCUT2D eigenvalue weighted by Gasteiger charge is 2.54. The van der Waals surface area contributed by atoms with Gasteiger partial charge < -0.3 is 4.74 Å². The maximum atomic E-state index is 13.2. The third kappa shape index (κ3) is 2.36. The second-order valence-corrected chi connectivity index (χ2v) is 8.77. The number of ether oxygens (including phenoxy) is 1. The van der Waals surface area contributed by atoms with Crippen molar-refractivity contribution in [1.82, 2.24) is 3.97 Å². The molecule has 0 N–H and O–H groups in total. The Hall–Kier alpha value is -1.79. The van der Waals surface area contributed by atoms with E-state index in [4.69, 9.17) is 16.3 Å². The first kappa shape index (κ1) is 17.0. The van der Waals surface area contributed by atoms with Crippen molar-refractivity contribution in [3.05, 3.63) is 47.1 Å². The number of fused-ring (bicyclic) bond motifs is 1. The molecule has 0 atom stereocenters. The molecule has 0 amide bonds. The molecule has 7 heteroatoms. The number of nitrogens with zero attached hydrogens (tertiary/aromatic N) is 1. The van der Waals surface area contributed by atoms with Gasteiger partial charge in [-0.25, -0.2) is 17.2 Å². The molecule has 1 aliphatic carbocycles. The fraction of sp³-hybridized carbons (Fsp3) is 0.353. The van der Waals surface area contributed by atoms with Crippen LogP contribution in [-0.2, 0) is 14.8 Å². The third-order valence-electron chi connectivity index (χ3n) is 4.56. The molecule has 1 aromatic carbocycles. The lowest BCUT2D eigenvalue weighted by Gasteiger charge is -2.16. The Bertz CT molecular complexity index is 955. The Kier molecular flexibility index (Phi) is 4.00. The van der Waals surface area contributed by atoms with Crippen molar-refractivity contribution >= 4 is 38.5 Å². The SMILES string of the molecule is C=CCC1(S(=O)(=O)n2cc(C)c3c(C(=O)OC)cc(Cl)cc32)CC1. The minimum Gasteiger partial charge on any atom is -0.465 e. The van der Waals surface area contributed by atoms with Crippen molar-refractivity contribution in [2.75, 3.05) is 7.11 Å². The molecule has 128 valence electrons. The van der Waals surface area contributed by atoms with Crippen LogP contribution in [0.4, 0.5) is 0 Å². The topological polar surface area (TPSA) is 65.4 Å². The van der Waals surface area contributed by atoms with Gasteiger partial charge in [0, 0.05) is 16.6 Å². The van der Waals surface area contributed by atoms with Gasteiger partial charge in [0.2, 0.25) is 10.0 Å². The van der Waals surface area contributed by atoms with Crippen LogP contribution in [0.15, 0.2) is 31.0 Å². The zero-order chi connectivity index (χ0) is 17.7. The van der Waals surface area contributed by atoms with Gasteiger partial charge in [-0.3, -0.25) is 0 Å². The van der Waals surface area contributed by atoms with Gasteiger partial charge >= 0.3 is 5.97 Å². The smallest absolute Gasteiger partial charge is 0.338 e. The number of methoxy groups -OCH3 is 1. The monoisotopic (exact) mass is 367 g/mol. The molecule has 2 aromatic rings. The number of aryl methyl sites for hydroxylation is 1. The number of carbonyl (C=O) groups excluding carboxylic acids is 1. The highest BCUT2D eigenvalue weighted by molar-refractivity contribution is 7.91. The number of esters is 1. The number of carbonyl (C=O) groups is 1. The fourth-order valence-corrected chi connectivity index (χ4v) is 5.41. The average molecular weight is 368 g/mol. The minimum atomic E-state index is -3.63. The van der Waals surface area contributed by atoms with E-state index in [2.05, 4.69) is 6.58 Å². The zero-order valence-electron chi connectivity index (χ0n) is 13.5. The molecule has 3 rings (SSSR count). The van der Waals surface area contributed by atoms with E-state index in [1.165, 1.54) is 17.1 Å². The summed E-state index contributed by atoms with van der Waals surface area (Å²) in [6.45, 7) is 5.43. The summed E-state index contributed by atoms with van der Waals surface area (Å²) in [5, 5.41) is 0.829. The predicted molar refractivity (Wildman–Crippen MR) is 94.1 cm³/mol. The molecule has 1 aromatic heterocycles. The van der Waals surface area contributed by atoms with E-state index < -0.39 is 20.7 Å². The Labute approximate surface area is 145 Å². The highest BCUT2D eigenvalue weighted by Crippen LogP contribution is 2.48. The molecule has 0 bridgehead atoms. The van der Waals surface area contributed by atoms with E-state index in [9.17, 15) is 13.2 Å². The van der Waals surface area contributed by atoms with Gasteiger partial charge in [0.05, 0.1) is 22.9 Å². The van der Waals surface area contributed by atoms with Crippen LogP contribution in [0.2, 0.25) is 5.02 Å². The van der Waals surface area contributed by atoms with Gasteiger partial charge in [0.25, 0.3) is 0 Å². The van der Waals surface area contributed by atoms with Crippen LogP contribution in [-0.4, -0.2) is 30.2 Å². The molecule has 0 unspecified atom stereocenters. The number of benzene rings is 1. The van der Waals surface area contributed by atoms with E-state index in [-0.39, 0.29) is 10.6 Å². The Morgan fingerprint density at radius 1 is 1.46 bits per heavy atom. The van der Waals surface area contributed by atoms with Gasteiger partial charge in [-0.1, -0.05) is 17.7 Å². The van der Waals surface area contributed by atoms with Crippen molar-refractivity contribution < 1.29 is 17.9 Å². The lowest BCUT2D eigenvalue weighted by atomic mass is 10.1. The maximum Gasteiger partial charge on any atom is 0.338 e. The summed E-state index contributed by atoms with van der Waals surface area (Å²) < 4.78 is 31.6. The summed E-state index contributed by atoms with van der Waals surface area (Å²) in [6.07, 6.45) is 4.79. The summed E-state index contributed by atoms with van der Waals surface area (Å²) in [6, 6.07) is 3.06. The lowest BCUT2D eigenvalue weighted by Crippen LogP contribution is -2.28. The Morgan fingerprint density at radius 2 is 2.12 bits per heavy atom. The minimum absolute atomic E-state index is 0.264. The quantitative estimate of drug-likeness (QED) is 0.597. The van der Waals surface area contributed by atoms with Crippen molar-refractivity contribution in [1.29, 1.82) is 0 Å². The van der Waals surface area contributed by atoms with Crippen molar-refractivity contribution in [2.24, 2.45) is 0 Å². The molecular weight excluding hydrogens is 350 g/mol. The molecule has 0 aliphatic heterocycles. The van der Waals surface area contributed by atoms with Crippen LogP contribution < -0.4 is 0 Å². The number of aromatic nitrogens is 1. The zero-order valence-corrected chi connectivity index (χ0v) is 15.1. The van der Waals surface area contributed by atoms with E-state index in [0.717, 1.165) is 0 Å². The van der Waals surface area contributed by atoms with E-state index in [1.807, 2.05) is 0 Å². The summed E-state index contributed by atoms with van der Waals surface area (Å²) in [5.74, 6) is -0.548. The largest absolute Gasteiger partial charge is 0.465 e. The fourth-order valence-electron chi connectivity index (χ4n) is 3.14. The van der Waals surface area contributed by atoms with Gasteiger partial charge in [-0.2, -0.15) is 0 Å². The van der Waals surface area contributed by atoms with Gasteiger partial charge in [-0.15, -0.1) is 6.58 Å².